The van der Waals surface area contributed by atoms with E-state index in [9.17, 15) is 33.6 Å². The van der Waals surface area contributed by atoms with Gasteiger partial charge in [-0.1, -0.05) is 176 Å². The summed E-state index contributed by atoms with van der Waals surface area (Å²) in [7, 11) is 0. The van der Waals surface area contributed by atoms with Gasteiger partial charge in [-0.2, -0.15) is 0 Å². The lowest BCUT2D eigenvalue weighted by atomic mass is 10.1. The Morgan fingerprint density at radius 3 is 0.986 bits per heavy atom. The van der Waals surface area contributed by atoms with Gasteiger partial charge in [0.25, 0.3) is 0 Å². The van der Waals surface area contributed by atoms with Gasteiger partial charge in [0.15, 0.2) is 0 Å². The molecule has 1 unspecified atom stereocenters. The van der Waals surface area contributed by atoms with Crippen molar-refractivity contribution < 1.29 is 62.0 Å². The van der Waals surface area contributed by atoms with Crippen LogP contribution in [0.2, 0.25) is 0 Å². The zero-order valence-corrected chi connectivity index (χ0v) is 46.6. The van der Waals surface area contributed by atoms with Gasteiger partial charge in [0.05, 0.1) is 52.4 Å². The molecule has 0 radical (unpaired) electrons. The minimum Gasteiger partial charge on any atom is -0.465 e. The molecule has 0 aliphatic heterocycles. The van der Waals surface area contributed by atoms with Crippen molar-refractivity contribution >= 4 is 41.8 Å². The van der Waals surface area contributed by atoms with Crippen molar-refractivity contribution in [1.29, 1.82) is 0 Å². The summed E-state index contributed by atoms with van der Waals surface area (Å²) in [5.74, 6) is -4.01. The van der Waals surface area contributed by atoms with Crippen LogP contribution >= 0.6 is 0 Å². The number of amides is 1. The Morgan fingerprint density at radius 2 is 0.699 bits per heavy atom. The quantitative estimate of drug-likeness (QED) is 0.0339. The number of ether oxygens (including phenoxy) is 6. The maximum absolute atomic E-state index is 13.5. The van der Waals surface area contributed by atoms with Crippen LogP contribution in [0.4, 0.5) is 4.79 Å². The average molecular weight is 1040 g/mol. The molecule has 0 aliphatic carbocycles. The Labute approximate surface area is 440 Å². The number of nitrogens with zero attached hydrogens (tertiary/aromatic N) is 3. The standard InChI is InChI=1S/C55H95N3O13.C2H6/c1-5-9-13-17-20-23-27-31-50(60)69-43-47(42-68-49(59)30-26-16-12-8-4)40-53(63)66-38-36-57(55(65)58-35-34-56-46-58)37-39-67-54(64)41-48(44-70-51(61)32-28-24-21-18-14-10-6-2)45-71-52(62)33-29-25-22-19-15-11-7-3;1-2/h34-35,46-48H,5-33,36-45H2,1-4H3;1-2H3. The zero-order chi connectivity index (χ0) is 54.0. The first kappa shape index (κ1) is 68.5. The molecule has 0 N–H and O–H groups in total. The normalized spacial score (nSPS) is 11.3. The van der Waals surface area contributed by atoms with Crippen molar-refractivity contribution in [2.75, 3.05) is 52.7 Å². The molecule has 1 rings (SSSR count). The van der Waals surface area contributed by atoms with Crippen molar-refractivity contribution in [3.63, 3.8) is 0 Å². The van der Waals surface area contributed by atoms with Crippen LogP contribution in [0.1, 0.15) is 241 Å². The summed E-state index contributed by atoms with van der Waals surface area (Å²) in [6.07, 6.45) is 30.8. The third kappa shape index (κ3) is 41.5. The van der Waals surface area contributed by atoms with Crippen molar-refractivity contribution in [2.45, 2.75) is 241 Å². The molecule has 0 aromatic carbocycles. The summed E-state index contributed by atoms with van der Waals surface area (Å²) >= 11 is 0. The molecule has 0 spiro atoms. The molecule has 1 aromatic heterocycles. The van der Waals surface area contributed by atoms with E-state index < -0.39 is 29.8 Å². The largest absolute Gasteiger partial charge is 0.465 e. The number of esters is 6. The maximum Gasteiger partial charge on any atom is 0.329 e. The van der Waals surface area contributed by atoms with Crippen LogP contribution in [0.25, 0.3) is 0 Å². The average Bonchev–Trinajstić information content (AvgIpc) is 3.94. The van der Waals surface area contributed by atoms with E-state index in [1.807, 2.05) is 13.8 Å². The number of rotatable bonds is 47. The Bertz CT molecular complexity index is 1510. The van der Waals surface area contributed by atoms with Crippen LogP contribution in [0.15, 0.2) is 18.7 Å². The van der Waals surface area contributed by atoms with E-state index in [-0.39, 0.29) is 115 Å². The van der Waals surface area contributed by atoms with Crippen molar-refractivity contribution in [2.24, 2.45) is 11.8 Å². The second kappa shape index (κ2) is 49.7. The predicted octanol–water partition coefficient (Wildman–Crippen LogP) is 12.8. The summed E-state index contributed by atoms with van der Waals surface area (Å²) < 4.78 is 34.4. The monoisotopic (exact) mass is 1040 g/mol. The molecule has 73 heavy (non-hydrogen) atoms. The summed E-state index contributed by atoms with van der Waals surface area (Å²) in [5.41, 5.74) is 0. The van der Waals surface area contributed by atoms with E-state index >= 15 is 0 Å². The van der Waals surface area contributed by atoms with Crippen LogP contribution in [0.3, 0.4) is 0 Å². The number of aromatic nitrogens is 2. The maximum atomic E-state index is 13.5. The van der Waals surface area contributed by atoms with E-state index in [2.05, 4.69) is 32.7 Å². The highest BCUT2D eigenvalue weighted by Gasteiger charge is 2.23. The van der Waals surface area contributed by atoms with Crippen molar-refractivity contribution in [3.05, 3.63) is 18.7 Å². The third-order valence-corrected chi connectivity index (χ3v) is 12.3. The second-order valence-electron chi connectivity index (χ2n) is 19.0. The lowest BCUT2D eigenvalue weighted by molar-refractivity contribution is -0.155. The van der Waals surface area contributed by atoms with Crippen molar-refractivity contribution in [3.8, 4) is 0 Å². The zero-order valence-electron chi connectivity index (χ0n) is 46.6. The van der Waals surface area contributed by atoms with Gasteiger partial charge in [-0.25, -0.2) is 9.78 Å². The number of carbonyl (C=O) groups excluding carboxylic acids is 7. The first-order chi connectivity index (χ1) is 35.5. The van der Waals surface area contributed by atoms with Crippen LogP contribution in [-0.2, 0) is 57.2 Å². The number of carbonyl (C=O) groups is 7. The van der Waals surface area contributed by atoms with E-state index in [0.717, 1.165) is 77.0 Å². The molecular formula is C57H101N3O13. The van der Waals surface area contributed by atoms with E-state index in [0.29, 0.717) is 25.7 Å². The van der Waals surface area contributed by atoms with Crippen LogP contribution < -0.4 is 0 Å². The van der Waals surface area contributed by atoms with Gasteiger partial charge in [-0.15, -0.1) is 0 Å². The number of imidazole rings is 1. The molecule has 0 aliphatic rings. The van der Waals surface area contributed by atoms with Crippen LogP contribution in [0, 0.1) is 11.8 Å². The van der Waals surface area contributed by atoms with Gasteiger partial charge in [-0.3, -0.25) is 33.3 Å². The Hall–Kier alpha value is -4.50. The highest BCUT2D eigenvalue weighted by Crippen LogP contribution is 2.16. The van der Waals surface area contributed by atoms with E-state index in [4.69, 9.17) is 28.4 Å². The SMILES string of the molecule is CC.CCCCCCCCCC(=O)OCC(COC(=O)CCCCCC)CC(=O)OCCN(CCOC(=O)CC(COC(=O)CCCCCCCCC)COC(=O)CCCCCCCCC)C(=O)n1ccnc1. The molecule has 16 heteroatoms. The molecular weight excluding hydrogens is 935 g/mol. The molecule has 1 amide bonds. The molecule has 1 heterocycles. The first-order valence-corrected chi connectivity index (χ1v) is 28.7. The Balaban J connectivity index is 0.0000256. The smallest absolute Gasteiger partial charge is 0.329 e. The molecule has 1 aromatic rings. The summed E-state index contributed by atoms with van der Waals surface area (Å²) in [6, 6.07) is -0.496. The minimum atomic E-state index is -0.631. The van der Waals surface area contributed by atoms with Gasteiger partial charge in [-0.05, 0) is 25.7 Å². The van der Waals surface area contributed by atoms with Crippen molar-refractivity contribution in [1.82, 2.24) is 14.5 Å². The van der Waals surface area contributed by atoms with Gasteiger partial charge >= 0.3 is 41.8 Å². The third-order valence-electron chi connectivity index (χ3n) is 12.3. The molecule has 0 fully saturated rings. The highest BCUT2D eigenvalue weighted by molar-refractivity contribution is 5.77. The van der Waals surface area contributed by atoms with Gasteiger partial charge in [0.2, 0.25) is 0 Å². The lowest BCUT2D eigenvalue weighted by Crippen LogP contribution is -2.39. The Morgan fingerprint density at radius 1 is 0.411 bits per heavy atom. The number of unbranched alkanes of at least 4 members (excludes halogenated alkanes) is 21. The van der Waals surface area contributed by atoms with Gasteiger partial charge in [0.1, 0.15) is 19.5 Å². The molecule has 422 valence electrons. The highest BCUT2D eigenvalue weighted by atomic mass is 16.6. The molecule has 16 nitrogen and oxygen atoms in total. The number of hydrogen-bond donors (Lipinski definition) is 0. The summed E-state index contributed by atoms with van der Waals surface area (Å²) in [4.78, 5) is 95.4. The fourth-order valence-electron chi connectivity index (χ4n) is 7.81. The van der Waals surface area contributed by atoms with Crippen LogP contribution in [-0.4, -0.2) is 109 Å². The first-order valence-electron chi connectivity index (χ1n) is 28.7. The van der Waals surface area contributed by atoms with E-state index in [1.54, 1.807) is 0 Å². The molecule has 0 bridgehead atoms. The Kier molecular flexibility index (Phi) is 46.6. The number of hydrogen-bond acceptors (Lipinski definition) is 14. The molecule has 0 saturated heterocycles. The minimum absolute atomic E-state index is 0.0582. The van der Waals surface area contributed by atoms with Gasteiger partial charge in [0, 0.05) is 49.9 Å². The van der Waals surface area contributed by atoms with Gasteiger partial charge < -0.3 is 33.3 Å². The molecule has 1 atom stereocenters. The fourth-order valence-corrected chi connectivity index (χ4v) is 7.81. The molecule has 0 saturated carbocycles. The second-order valence-corrected chi connectivity index (χ2v) is 19.0. The van der Waals surface area contributed by atoms with E-state index in [1.165, 1.54) is 86.0 Å². The predicted molar refractivity (Wildman–Crippen MR) is 284 cm³/mol. The fraction of sp³-hybridized carbons (Fsp3) is 0.825. The summed E-state index contributed by atoms with van der Waals surface area (Å²) in [5, 5.41) is 0. The summed E-state index contributed by atoms with van der Waals surface area (Å²) in [6.45, 7) is 11.6. The van der Waals surface area contributed by atoms with Crippen LogP contribution in [0.5, 0.6) is 0 Å². The lowest BCUT2D eigenvalue weighted by Gasteiger charge is -2.23. The topological polar surface area (TPSA) is 196 Å².